The average molecular weight is 354 g/mol. The lowest BCUT2D eigenvalue weighted by atomic mass is 10.1. The second-order valence-corrected chi connectivity index (χ2v) is 7.75. The molecule has 22 heavy (non-hydrogen) atoms. The third-order valence-corrected chi connectivity index (χ3v) is 5.96. The van der Waals surface area contributed by atoms with Crippen LogP contribution in [0, 0.1) is 16.4 Å². The molecule has 2 atom stereocenters. The highest BCUT2D eigenvalue weighted by molar-refractivity contribution is 7.99. The topological polar surface area (TPSA) is 26.0 Å². The Morgan fingerprint density at radius 3 is 2.00 bits per heavy atom. The van der Waals surface area contributed by atoms with E-state index in [0.29, 0.717) is 16.2 Å². The van der Waals surface area contributed by atoms with Gasteiger partial charge in [0.1, 0.15) is 0 Å². The Morgan fingerprint density at radius 1 is 1.00 bits per heavy atom. The SMILES string of the molecule is CC(CN)C(C)SCc1ccc(Cl)cc1Cl.c1cc2ccc1=2. The summed E-state index contributed by atoms with van der Waals surface area (Å²) >= 11 is 13.8. The Hall–Kier alpha value is -0.670. The van der Waals surface area contributed by atoms with Gasteiger partial charge in [-0.05, 0) is 40.6 Å². The smallest absolute Gasteiger partial charge is 0.0461 e. The van der Waals surface area contributed by atoms with Gasteiger partial charge in [-0.3, -0.25) is 0 Å². The van der Waals surface area contributed by atoms with Crippen molar-refractivity contribution in [1.82, 2.24) is 0 Å². The average Bonchev–Trinajstić information content (AvgIpc) is 2.49. The number of thioether (sulfide) groups is 1. The predicted molar refractivity (Wildman–Crippen MR) is 99.6 cm³/mol. The minimum absolute atomic E-state index is 0.524. The summed E-state index contributed by atoms with van der Waals surface area (Å²) < 4.78 is 0. The van der Waals surface area contributed by atoms with Crippen molar-refractivity contribution in [2.45, 2.75) is 24.9 Å². The molecule has 0 saturated heterocycles. The van der Waals surface area contributed by atoms with Gasteiger partial charge in [-0.2, -0.15) is 11.8 Å². The summed E-state index contributed by atoms with van der Waals surface area (Å²) in [7, 11) is 0. The first-order chi connectivity index (χ1) is 10.5. The second-order valence-electron chi connectivity index (χ2n) is 5.54. The second kappa shape index (κ2) is 8.26. The van der Waals surface area contributed by atoms with E-state index < -0.39 is 0 Å². The van der Waals surface area contributed by atoms with Gasteiger partial charge >= 0.3 is 0 Å². The van der Waals surface area contributed by atoms with E-state index in [4.69, 9.17) is 28.9 Å². The van der Waals surface area contributed by atoms with Crippen molar-refractivity contribution in [3.63, 3.8) is 0 Å². The molecule has 1 nitrogen and oxygen atoms in total. The third kappa shape index (κ3) is 4.66. The maximum Gasteiger partial charge on any atom is 0.0461 e. The van der Waals surface area contributed by atoms with Crippen LogP contribution in [0.15, 0.2) is 42.5 Å². The van der Waals surface area contributed by atoms with E-state index in [9.17, 15) is 0 Å². The molecule has 0 aliphatic heterocycles. The van der Waals surface area contributed by atoms with Crippen LogP contribution < -0.4 is 5.73 Å². The van der Waals surface area contributed by atoms with Gasteiger partial charge in [-0.15, -0.1) is 0 Å². The van der Waals surface area contributed by atoms with E-state index in [2.05, 4.69) is 38.1 Å². The summed E-state index contributed by atoms with van der Waals surface area (Å²) in [6.07, 6.45) is 0. The van der Waals surface area contributed by atoms with Gasteiger partial charge in [-0.1, -0.05) is 67.4 Å². The van der Waals surface area contributed by atoms with Gasteiger partial charge in [0, 0.05) is 21.0 Å². The van der Waals surface area contributed by atoms with E-state index >= 15 is 0 Å². The molecule has 3 rings (SSSR count). The van der Waals surface area contributed by atoms with Crippen LogP contribution in [0.3, 0.4) is 0 Å². The van der Waals surface area contributed by atoms with Crippen LogP contribution >= 0.6 is 35.0 Å². The lowest BCUT2D eigenvalue weighted by Crippen LogP contribution is -2.20. The Morgan fingerprint density at radius 2 is 1.59 bits per heavy atom. The lowest BCUT2D eigenvalue weighted by Gasteiger charge is -2.17. The predicted octanol–water partition coefficient (Wildman–Crippen LogP) is 5.50. The van der Waals surface area contributed by atoms with E-state index in [1.54, 1.807) is 6.07 Å². The zero-order valence-corrected chi connectivity index (χ0v) is 15.2. The summed E-state index contributed by atoms with van der Waals surface area (Å²) in [6.45, 7) is 5.09. The van der Waals surface area contributed by atoms with E-state index in [1.807, 2.05) is 23.9 Å². The molecule has 2 unspecified atom stereocenters. The number of benzene rings is 2. The molecule has 0 amide bonds. The molecule has 0 fully saturated rings. The summed E-state index contributed by atoms with van der Waals surface area (Å²) in [5, 5.41) is 4.82. The van der Waals surface area contributed by atoms with Gasteiger partial charge < -0.3 is 5.73 Å². The summed E-state index contributed by atoms with van der Waals surface area (Å²) in [5.41, 5.74) is 6.77. The Bertz CT molecular complexity index is 667. The maximum atomic E-state index is 6.10. The van der Waals surface area contributed by atoms with Crippen LogP contribution in [0.4, 0.5) is 0 Å². The maximum absolute atomic E-state index is 6.10. The largest absolute Gasteiger partial charge is 0.330 e. The molecule has 2 N–H and O–H groups in total. The van der Waals surface area contributed by atoms with Crippen molar-refractivity contribution in [3.05, 3.63) is 68.5 Å². The van der Waals surface area contributed by atoms with Crippen molar-refractivity contribution < 1.29 is 0 Å². The molecule has 2 aliphatic rings. The van der Waals surface area contributed by atoms with Crippen LogP contribution in [0.5, 0.6) is 0 Å². The number of rotatable bonds is 5. The minimum atomic E-state index is 0.524. The molecular weight excluding hydrogens is 333 g/mol. The standard InChI is InChI=1S/C12H17Cl2NS.C6H4/c1-8(6-15)9(2)16-7-10-3-4-11(13)5-12(10)14;1-2-6-4-3-5(1)6/h3-5,8-9H,6-7,15H2,1-2H3;1-4H. The highest BCUT2D eigenvalue weighted by Gasteiger charge is 2.11. The first-order valence-electron chi connectivity index (χ1n) is 7.37. The number of hydrogen-bond donors (Lipinski definition) is 1. The Balaban J connectivity index is 0.000000238. The molecule has 0 radical (unpaired) electrons. The molecule has 118 valence electrons. The first-order valence-corrected chi connectivity index (χ1v) is 9.17. The summed E-state index contributed by atoms with van der Waals surface area (Å²) in [4.78, 5) is 0. The van der Waals surface area contributed by atoms with Crippen LogP contribution in [0.25, 0.3) is 0 Å². The van der Waals surface area contributed by atoms with E-state index in [-0.39, 0.29) is 0 Å². The quantitative estimate of drug-likeness (QED) is 0.655. The zero-order chi connectivity index (χ0) is 16.1. The third-order valence-electron chi connectivity index (χ3n) is 3.91. The molecule has 0 bridgehead atoms. The van der Waals surface area contributed by atoms with Crippen molar-refractivity contribution in [1.29, 1.82) is 0 Å². The van der Waals surface area contributed by atoms with Crippen molar-refractivity contribution >= 4 is 35.0 Å². The molecule has 2 aliphatic carbocycles. The van der Waals surface area contributed by atoms with Gasteiger partial charge in [-0.25, -0.2) is 0 Å². The van der Waals surface area contributed by atoms with Crippen LogP contribution in [0.2, 0.25) is 10.0 Å². The van der Waals surface area contributed by atoms with E-state index in [0.717, 1.165) is 22.9 Å². The summed E-state index contributed by atoms with van der Waals surface area (Å²) in [5.74, 6) is 1.43. The normalized spacial score (nSPS) is 13.9. The Kier molecular flexibility index (Phi) is 6.64. The van der Waals surface area contributed by atoms with Gasteiger partial charge in [0.25, 0.3) is 0 Å². The van der Waals surface area contributed by atoms with Gasteiger partial charge in [0.2, 0.25) is 0 Å². The highest BCUT2D eigenvalue weighted by atomic mass is 35.5. The van der Waals surface area contributed by atoms with Crippen molar-refractivity contribution in [3.8, 4) is 0 Å². The zero-order valence-electron chi connectivity index (χ0n) is 12.9. The van der Waals surface area contributed by atoms with Gasteiger partial charge in [0.15, 0.2) is 0 Å². The lowest BCUT2D eigenvalue weighted by molar-refractivity contribution is 0.590. The highest BCUT2D eigenvalue weighted by Crippen LogP contribution is 2.28. The first kappa shape index (κ1) is 17.7. The number of hydrogen-bond acceptors (Lipinski definition) is 2. The van der Waals surface area contributed by atoms with Gasteiger partial charge in [0.05, 0.1) is 0 Å². The Labute approximate surface area is 146 Å². The fourth-order valence-corrected chi connectivity index (χ4v) is 3.57. The molecule has 4 heteroatoms. The van der Waals surface area contributed by atoms with Crippen LogP contribution in [-0.4, -0.2) is 11.8 Å². The molecule has 1 aromatic carbocycles. The minimum Gasteiger partial charge on any atom is -0.330 e. The number of halogens is 2. The molecule has 0 saturated carbocycles. The van der Waals surface area contributed by atoms with Crippen molar-refractivity contribution in [2.75, 3.05) is 6.54 Å². The fourth-order valence-electron chi connectivity index (χ4n) is 1.88. The van der Waals surface area contributed by atoms with E-state index in [1.165, 1.54) is 10.4 Å². The molecule has 0 heterocycles. The molecular formula is C18H21Cl2NS. The van der Waals surface area contributed by atoms with Crippen molar-refractivity contribution in [2.24, 2.45) is 11.7 Å². The fraction of sp³-hybridized carbons (Fsp3) is 0.333. The monoisotopic (exact) mass is 353 g/mol. The molecule has 0 aromatic heterocycles. The van der Waals surface area contributed by atoms with Crippen LogP contribution in [-0.2, 0) is 5.75 Å². The summed E-state index contributed by atoms with van der Waals surface area (Å²) in [6, 6.07) is 14.1. The number of nitrogens with two attached hydrogens (primary N) is 1. The molecule has 1 aromatic rings. The molecule has 0 spiro atoms. The van der Waals surface area contributed by atoms with Crippen LogP contribution in [0.1, 0.15) is 19.4 Å².